The van der Waals surface area contributed by atoms with Crippen LogP contribution in [0.3, 0.4) is 0 Å². The molecule has 0 radical (unpaired) electrons. The van der Waals surface area contributed by atoms with Crippen molar-refractivity contribution in [2.45, 2.75) is 19.8 Å². The van der Waals surface area contributed by atoms with Crippen LogP contribution in [0.5, 0.6) is 0 Å². The van der Waals surface area contributed by atoms with Gasteiger partial charge in [-0.2, -0.15) is 0 Å². The summed E-state index contributed by atoms with van der Waals surface area (Å²) < 4.78 is 0. The third kappa shape index (κ3) is 2.64. The van der Waals surface area contributed by atoms with Gasteiger partial charge in [-0.1, -0.05) is 42.5 Å². The van der Waals surface area contributed by atoms with Gasteiger partial charge >= 0.3 is 0 Å². The molecular weight excluding hydrogens is 312 g/mol. The maximum Gasteiger partial charge on any atom is 0.212 e. The highest BCUT2D eigenvalue weighted by molar-refractivity contribution is 6.27. The number of ketones is 2. The zero-order valence-corrected chi connectivity index (χ0v) is 14.2. The number of fused-ring (bicyclic) bond motifs is 1. The highest BCUT2D eigenvalue weighted by Crippen LogP contribution is 2.31. The first kappa shape index (κ1) is 15.6. The average molecular weight is 332 g/mol. The number of carbonyl (C=O) groups is 2. The molecule has 1 aliphatic carbocycles. The predicted octanol–water partition coefficient (Wildman–Crippen LogP) is 3.79. The summed E-state index contributed by atoms with van der Waals surface area (Å²) in [6, 6.07) is 14.9. The third-order valence-electron chi connectivity index (χ3n) is 4.92. The molecule has 0 atom stereocenters. The van der Waals surface area contributed by atoms with Gasteiger partial charge < -0.3 is 10.2 Å². The van der Waals surface area contributed by atoms with E-state index in [2.05, 4.69) is 10.2 Å². The van der Waals surface area contributed by atoms with Crippen molar-refractivity contribution in [1.82, 2.24) is 4.90 Å². The summed E-state index contributed by atoms with van der Waals surface area (Å²) in [7, 11) is 0. The van der Waals surface area contributed by atoms with E-state index in [9.17, 15) is 9.59 Å². The predicted molar refractivity (Wildman–Crippen MR) is 97.7 cm³/mol. The molecule has 2 aromatic rings. The van der Waals surface area contributed by atoms with Crippen molar-refractivity contribution < 1.29 is 9.59 Å². The number of likely N-dealkylation sites (tertiary alicyclic amines) is 1. The van der Waals surface area contributed by atoms with Crippen molar-refractivity contribution in [2.75, 3.05) is 18.4 Å². The minimum atomic E-state index is -0.111. The Hall–Kier alpha value is -2.88. The summed E-state index contributed by atoms with van der Waals surface area (Å²) in [5.41, 5.74) is 3.80. The number of para-hydroxylation sites is 1. The Morgan fingerprint density at radius 1 is 0.840 bits per heavy atom. The molecule has 4 heteroatoms. The van der Waals surface area contributed by atoms with Gasteiger partial charge in [0.05, 0.1) is 0 Å². The van der Waals surface area contributed by atoms with Crippen LogP contribution in [0, 0.1) is 6.92 Å². The Labute approximate surface area is 147 Å². The van der Waals surface area contributed by atoms with Gasteiger partial charge in [-0.15, -0.1) is 0 Å². The standard InChI is InChI=1S/C21H20N2O2/c1-14-8-2-5-11-17(14)22-18-19(23-12-6-7-13-23)21(25)16-10-4-3-9-15(16)20(18)24/h2-5,8-11,22H,6-7,12-13H2,1H3. The van der Waals surface area contributed by atoms with E-state index >= 15 is 0 Å². The SMILES string of the molecule is Cc1ccccc1NC1=C(N2CCCC2)C(=O)c2ccccc2C1=O. The van der Waals surface area contributed by atoms with Crippen LogP contribution in [-0.4, -0.2) is 29.6 Å². The van der Waals surface area contributed by atoms with E-state index in [-0.39, 0.29) is 11.6 Å². The Morgan fingerprint density at radius 3 is 2.12 bits per heavy atom. The largest absolute Gasteiger partial charge is 0.367 e. The lowest BCUT2D eigenvalue weighted by Crippen LogP contribution is -2.35. The first-order valence-corrected chi connectivity index (χ1v) is 8.67. The van der Waals surface area contributed by atoms with Crippen LogP contribution < -0.4 is 5.32 Å². The van der Waals surface area contributed by atoms with E-state index in [1.54, 1.807) is 18.2 Å². The summed E-state index contributed by atoms with van der Waals surface area (Å²) in [6.07, 6.45) is 2.09. The minimum absolute atomic E-state index is 0.0619. The molecule has 0 unspecified atom stereocenters. The topological polar surface area (TPSA) is 49.4 Å². The van der Waals surface area contributed by atoms with Gasteiger partial charge in [-0.3, -0.25) is 9.59 Å². The second-order valence-corrected chi connectivity index (χ2v) is 6.56. The fraction of sp³-hybridized carbons (Fsp3) is 0.238. The number of aryl methyl sites for hydroxylation is 1. The monoisotopic (exact) mass is 332 g/mol. The number of rotatable bonds is 3. The second-order valence-electron chi connectivity index (χ2n) is 6.56. The molecule has 1 N–H and O–H groups in total. The Bertz CT molecular complexity index is 892. The molecule has 0 saturated carbocycles. The van der Waals surface area contributed by atoms with Crippen LogP contribution in [0.2, 0.25) is 0 Å². The van der Waals surface area contributed by atoms with E-state index < -0.39 is 0 Å². The highest BCUT2D eigenvalue weighted by Gasteiger charge is 2.36. The van der Waals surface area contributed by atoms with Crippen LogP contribution in [0.25, 0.3) is 0 Å². The molecular formula is C21H20N2O2. The first-order chi connectivity index (χ1) is 12.2. The number of nitrogens with one attached hydrogen (secondary N) is 1. The van der Waals surface area contributed by atoms with E-state index in [1.807, 2.05) is 37.3 Å². The van der Waals surface area contributed by atoms with E-state index in [0.29, 0.717) is 22.5 Å². The number of Topliss-reactive ketones (excluding diaryl/α,β-unsaturated/α-hetero) is 2. The normalized spacial score (nSPS) is 17.1. The van der Waals surface area contributed by atoms with E-state index in [0.717, 1.165) is 37.2 Å². The van der Waals surface area contributed by atoms with Crippen LogP contribution >= 0.6 is 0 Å². The molecule has 25 heavy (non-hydrogen) atoms. The zero-order valence-electron chi connectivity index (χ0n) is 14.2. The Balaban J connectivity index is 1.85. The smallest absolute Gasteiger partial charge is 0.212 e. The first-order valence-electron chi connectivity index (χ1n) is 8.67. The van der Waals surface area contributed by atoms with Gasteiger partial charge in [0.1, 0.15) is 11.4 Å². The molecule has 126 valence electrons. The number of hydrogen-bond acceptors (Lipinski definition) is 4. The van der Waals surface area contributed by atoms with Crippen LogP contribution in [0.4, 0.5) is 5.69 Å². The molecule has 1 fully saturated rings. The zero-order chi connectivity index (χ0) is 17.4. The van der Waals surface area contributed by atoms with Crippen molar-refractivity contribution in [2.24, 2.45) is 0 Å². The molecule has 0 bridgehead atoms. The second kappa shape index (κ2) is 6.20. The molecule has 0 spiro atoms. The van der Waals surface area contributed by atoms with Crippen molar-refractivity contribution in [1.29, 1.82) is 0 Å². The number of allylic oxidation sites excluding steroid dienone is 2. The van der Waals surface area contributed by atoms with Crippen LogP contribution in [0.1, 0.15) is 39.1 Å². The van der Waals surface area contributed by atoms with Gasteiger partial charge in [0.15, 0.2) is 0 Å². The molecule has 1 aliphatic heterocycles. The average Bonchev–Trinajstić information content (AvgIpc) is 3.15. The maximum absolute atomic E-state index is 13.1. The highest BCUT2D eigenvalue weighted by atomic mass is 16.1. The fourth-order valence-electron chi connectivity index (χ4n) is 3.57. The lowest BCUT2D eigenvalue weighted by Gasteiger charge is -2.28. The fourth-order valence-corrected chi connectivity index (χ4v) is 3.57. The maximum atomic E-state index is 13.1. The summed E-state index contributed by atoms with van der Waals surface area (Å²) >= 11 is 0. The van der Waals surface area contributed by atoms with Gasteiger partial charge in [0.2, 0.25) is 11.6 Å². The summed E-state index contributed by atoms with van der Waals surface area (Å²) in [6.45, 7) is 3.62. The Morgan fingerprint density at radius 2 is 1.44 bits per heavy atom. The molecule has 4 rings (SSSR count). The molecule has 1 saturated heterocycles. The molecule has 0 aromatic heterocycles. The lowest BCUT2D eigenvalue weighted by atomic mass is 9.89. The molecule has 2 aliphatic rings. The van der Waals surface area contributed by atoms with Crippen LogP contribution in [0.15, 0.2) is 59.9 Å². The van der Waals surface area contributed by atoms with Gasteiger partial charge in [0.25, 0.3) is 0 Å². The lowest BCUT2D eigenvalue weighted by molar-refractivity contribution is 0.0948. The van der Waals surface area contributed by atoms with E-state index in [4.69, 9.17) is 0 Å². The molecule has 2 aromatic carbocycles. The molecule has 1 heterocycles. The molecule has 4 nitrogen and oxygen atoms in total. The number of nitrogens with zero attached hydrogens (tertiary/aromatic N) is 1. The third-order valence-corrected chi connectivity index (χ3v) is 4.92. The van der Waals surface area contributed by atoms with Crippen molar-refractivity contribution >= 4 is 17.3 Å². The summed E-state index contributed by atoms with van der Waals surface area (Å²) in [4.78, 5) is 28.3. The number of hydrogen-bond donors (Lipinski definition) is 1. The Kier molecular flexibility index (Phi) is 3.88. The number of anilines is 1. The van der Waals surface area contributed by atoms with Gasteiger partial charge in [-0.05, 0) is 31.4 Å². The summed E-state index contributed by atoms with van der Waals surface area (Å²) in [5.74, 6) is -0.173. The van der Waals surface area contributed by atoms with E-state index in [1.165, 1.54) is 0 Å². The number of benzene rings is 2. The minimum Gasteiger partial charge on any atom is -0.367 e. The van der Waals surface area contributed by atoms with Gasteiger partial charge in [0, 0.05) is 29.9 Å². The number of carbonyl (C=O) groups excluding carboxylic acids is 2. The summed E-state index contributed by atoms with van der Waals surface area (Å²) in [5, 5.41) is 3.26. The molecule has 0 amide bonds. The van der Waals surface area contributed by atoms with Crippen molar-refractivity contribution in [3.8, 4) is 0 Å². The van der Waals surface area contributed by atoms with Crippen LogP contribution in [-0.2, 0) is 0 Å². The van der Waals surface area contributed by atoms with Crippen molar-refractivity contribution in [3.63, 3.8) is 0 Å². The van der Waals surface area contributed by atoms with Gasteiger partial charge in [-0.25, -0.2) is 0 Å². The van der Waals surface area contributed by atoms with Crippen molar-refractivity contribution in [3.05, 3.63) is 76.6 Å². The quantitative estimate of drug-likeness (QED) is 0.929.